The fourth-order valence-electron chi connectivity index (χ4n) is 1.39. The van der Waals surface area contributed by atoms with Crippen molar-refractivity contribution in [2.24, 2.45) is 0 Å². The van der Waals surface area contributed by atoms with E-state index in [-0.39, 0.29) is 20.7 Å². The quantitative estimate of drug-likeness (QED) is 0.851. The Balaban J connectivity index is 2.32. The number of anilines is 1. The van der Waals surface area contributed by atoms with Crippen LogP contribution in [0.2, 0.25) is 10.0 Å². The third-order valence-electron chi connectivity index (χ3n) is 2.32. The van der Waals surface area contributed by atoms with Crippen molar-refractivity contribution in [1.82, 2.24) is 0 Å². The number of halogens is 2. The van der Waals surface area contributed by atoms with Crippen LogP contribution in [0.25, 0.3) is 0 Å². The minimum absolute atomic E-state index is 0.00924. The first-order chi connectivity index (χ1) is 8.88. The van der Waals surface area contributed by atoms with Gasteiger partial charge in [-0.2, -0.15) is 0 Å². The predicted molar refractivity (Wildman–Crippen MR) is 75.4 cm³/mol. The molecule has 2 rings (SSSR count). The van der Waals surface area contributed by atoms with E-state index in [2.05, 4.69) is 4.72 Å². The van der Waals surface area contributed by atoms with Crippen molar-refractivity contribution in [2.75, 3.05) is 4.72 Å². The summed E-state index contributed by atoms with van der Waals surface area (Å²) in [5.41, 5.74) is 0.337. The van der Waals surface area contributed by atoms with E-state index in [0.29, 0.717) is 5.69 Å². The summed E-state index contributed by atoms with van der Waals surface area (Å²) in [6.07, 6.45) is 0. The van der Waals surface area contributed by atoms with Gasteiger partial charge in [0.25, 0.3) is 10.0 Å². The smallest absolute Gasteiger partial charge is 0.261 e. The van der Waals surface area contributed by atoms with Gasteiger partial charge in [-0.05, 0) is 42.5 Å². The van der Waals surface area contributed by atoms with Gasteiger partial charge in [0.1, 0.15) is 5.75 Å². The van der Waals surface area contributed by atoms with Gasteiger partial charge in [0, 0.05) is 5.69 Å². The third kappa shape index (κ3) is 3.32. The molecule has 2 aromatic carbocycles. The molecule has 0 amide bonds. The summed E-state index contributed by atoms with van der Waals surface area (Å²) in [6.45, 7) is 0. The van der Waals surface area contributed by atoms with E-state index in [4.69, 9.17) is 28.3 Å². The third-order valence-corrected chi connectivity index (χ3v) is 4.44. The zero-order valence-corrected chi connectivity index (χ0v) is 11.8. The molecule has 2 aromatic rings. The molecule has 0 aliphatic rings. The number of hydrogen-bond donors (Lipinski definition) is 2. The highest BCUT2D eigenvalue weighted by atomic mass is 35.5. The van der Waals surface area contributed by atoms with Crippen LogP contribution in [0.1, 0.15) is 0 Å². The Morgan fingerprint density at radius 1 is 0.947 bits per heavy atom. The zero-order valence-electron chi connectivity index (χ0n) is 9.47. The number of sulfonamides is 1. The SMILES string of the molecule is O=S(=O)(Nc1ccc(O)cc1)c1ccc(Cl)c(Cl)c1. The molecular formula is C12H9Cl2NO3S. The van der Waals surface area contributed by atoms with Gasteiger partial charge in [-0.25, -0.2) is 8.42 Å². The lowest BCUT2D eigenvalue weighted by atomic mass is 10.3. The molecule has 0 bridgehead atoms. The first-order valence-corrected chi connectivity index (χ1v) is 7.39. The lowest BCUT2D eigenvalue weighted by Crippen LogP contribution is -2.12. The van der Waals surface area contributed by atoms with Crippen LogP contribution >= 0.6 is 23.2 Å². The van der Waals surface area contributed by atoms with Crippen molar-refractivity contribution in [2.45, 2.75) is 4.90 Å². The number of phenolic OH excluding ortho intramolecular Hbond substituents is 1. The normalized spacial score (nSPS) is 11.3. The second-order valence-corrected chi connectivity index (χ2v) is 6.23. The zero-order chi connectivity index (χ0) is 14.0. The largest absolute Gasteiger partial charge is 0.508 e. The molecule has 0 saturated heterocycles. The molecule has 4 nitrogen and oxygen atoms in total. The summed E-state index contributed by atoms with van der Waals surface area (Å²) in [4.78, 5) is 0.00924. The van der Waals surface area contributed by atoms with Crippen LogP contribution < -0.4 is 4.72 Å². The Hall–Kier alpha value is -1.43. The number of rotatable bonds is 3. The second-order valence-electron chi connectivity index (χ2n) is 3.73. The highest BCUT2D eigenvalue weighted by Crippen LogP contribution is 2.26. The number of benzene rings is 2. The summed E-state index contributed by atoms with van der Waals surface area (Å²) in [5, 5.41) is 9.57. The molecule has 7 heteroatoms. The van der Waals surface area contributed by atoms with Gasteiger partial charge >= 0.3 is 0 Å². The summed E-state index contributed by atoms with van der Waals surface area (Å²) >= 11 is 11.5. The van der Waals surface area contributed by atoms with Crippen LogP contribution in [0.3, 0.4) is 0 Å². The molecule has 0 aromatic heterocycles. The van der Waals surface area contributed by atoms with Crippen LogP contribution in [0.15, 0.2) is 47.4 Å². The van der Waals surface area contributed by atoms with Gasteiger partial charge in [0.05, 0.1) is 14.9 Å². The highest BCUT2D eigenvalue weighted by molar-refractivity contribution is 7.92. The van der Waals surface area contributed by atoms with Crippen molar-refractivity contribution < 1.29 is 13.5 Å². The van der Waals surface area contributed by atoms with Crippen molar-refractivity contribution >= 4 is 38.9 Å². The molecule has 2 N–H and O–H groups in total. The molecule has 0 unspecified atom stereocenters. The Bertz CT molecular complexity index is 699. The summed E-state index contributed by atoms with van der Waals surface area (Å²) in [5.74, 6) is 0.0532. The van der Waals surface area contributed by atoms with Crippen LogP contribution in [0, 0.1) is 0 Å². The van der Waals surface area contributed by atoms with E-state index in [1.165, 1.54) is 42.5 Å². The Kier molecular flexibility index (Phi) is 3.89. The van der Waals surface area contributed by atoms with Gasteiger partial charge in [-0.1, -0.05) is 23.2 Å². The van der Waals surface area contributed by atoms with E-state index in [1.807, 2.05) is 0 Å². The minimum atomic E-state index is -3.74. The van der Waals surface area contributed by atoms with Crippen molar-refractivity contribution in [3.05, 3.63) is 52.5 Å². The molecule has 0 atom stereocenters. The monoisotopic (exact) mass is 317 g/mol. The molecular weight excluding hydrogens is 309 g/mol. The maximum atomic E-state index is 12.1. The Labute approximate surface area is 120 Å². The first kappa shape index (κ1) is 14.0. The number of hydrogen-bond acceptors (Lipinski definition) is 3. The van der Waals surface area contributed by atoms with Crippen LogP contribution in [0.5, 0.6) is 5.75 Å². The van der Waals surface area contributed by atoms with E-state index in [1.54, 1.807) is 0 Å². The van der Waals surface area contributed by atoms with Crippen molar-refractivity contribution in [3.63, 3.8) is 0 Å². The van der Waals surface area contributed by atoms with E-state index < -0.39 is 10.0 Å². The van der Waals surface area contributed by atoms with Crippen LogP contribution in [-0.2, 0) is 10.0 Å². The topological polar surface area (TPSA) is 66.4 Å². The van der Waals surface area contributed by atoms with E-state index >= 15 is 0 Å². The van der Waals surface area contributed by atoms with Gasteiger partial charge in [-0.15, -0.1) is 0 Å². The molecule has 0 heterocycles. The molecule has 0 saturated carbocycles. The maximum absolute atomic E-state index is 12.1. The maximum Gasteiger partial charge on any atom is 0.261 e. The van der Waals surface area contributed by atoms with Gasteiger partial charge in [-0.3, -0.25) is 4.72 Å². The number of nitrogens with one attached hydrogen (secondary N) is 1. The average Bonchev–Trinajstić information content (AvgIpc) is 2.35. The molecule has 0 aliphatic heterocycles. The van der Waals surface area contributed by atoms with E-state index in [0.717, 1.165) is 0 Å². The Morgan fingerprint density at radius 2 is 1.58 bits per heavy atom. The first-order valence-electron chi connectivity index (χ1n) is 5.15. The Morgan fingerprint density at radius 3 is 2.16 bits per heavy atom. The molecule has 0 aliphatic carbocycles. The number of phenols is 1. The molecule has 100 valence electrons. The van der Waals surface area contributed by atoms with Crippen LogP contribution in [-0.4, -0.2) is 13.5 Å². The summed E-state index contributed by atoms with van der Waals surface area (Å²) in [6, 6.07) is 9.70. The minimum Gasteiger partial charge on any atom is -0.508 e. The van der Waals surface area contributed by atoms with Crippen molar-refractivity contribution in [1.29, 1.82) is 0 Å². The lowest BCUT2D eigenvalue weighted by molar-refractivity contribution is 0.475. The molecule has 0 radical (unpaired) electrons. The standard InChI is InChI=1S/C12H9Cl2NO3S/c13-11-6-5-10(7-12(11)14)19(17,18)15-8-1-3-9(16)4-2-8/h1-7,15-16H. The average molecular weight is 318 g/mol. The molecule has 0 spiro atoms. The molecule has 19 heavy (non-hydrogen) atoms. The molecule has 0 fully saturated rings. The second kappa shape index (κ2) is 5.28. The number of aromatic hydroxyl groups is 1. The van der Waals surface area contributed by atoms with Gasteiger partial charge in [0.2, 0.25) is 0 Å². The fourth-order valence-corrected chi connectivity index (χ4v) is 2.83. The summed E-state index contributed by atoms with van der Waals surface area (Å²) < 4.78 is 26.5. The highest BCUT2D eigenvalue weighted by Gasteiger charge is 2.15. The van der Waals surface area contributed by atoms with Gasteiger partial charge < -0.3 is 5.11 Å². The fraction of sp³-hybridized carbons (Fsp3) is 0. The van der Waals surface area contributed by atoms with Crippen LogP contribution in [0.4, 0.5) is 5.69 Å². The predicted octanol–water partition coefficient (Wildman–Crippen LogP) is 3.50. The van der Waals surface area contributed by atoms with E-state index in [9.17, 15) is 8.42 Å². The van der Waals surface area contributed by atoms with Gasteiger partial charge in [0.15, 0.2) is 0 Å². The lowest BCUT2D eigenvalue weighted by Gasteiger charge is -2.08. The summed E-state index contributed by atoms with van der Waals surface area (Å²) in [7, 11) is -3.74. The van der Waals surface area contributed by atoms with Crippen molar-refractivity contribution in [3.8, 4) is 5.75 Å².